The molecule has 1 unspecified atom stereocenters. The summed E-state index contributed by atoms with van der Waals surface area (Å²) in [6.07, 6.45) is 0. The molecule has 1 aromatic heterocycles. The van der Waals surface area contributed by atoms with Crippen LogP contribution in [0.4, 0.5) is 0 Å². The van der Waals surface area contributed by atoms with E-state index in [0.717, 1.165) is 10.9 Å². The molecule has 4 heteroatoms. The molecule has 0 aliphatic rings. The van der Waals surface area contributed by atoms with E-state index in [0.29, 0.717) is 16.8 Å². The van der Waals surface area contributed by atoms with Crippen LogP contribution in [-0.2, 0) is 0 Å². The average molecular weight is 270 g/mol. The van der Waals surface area contributed by atoms with Crippen molar-refractivity contribution in [2.75, 3.05) is 6.54 Å². The topological polar surface area (TPSA) is 59.4 Å². The van der Waals surface area contributed by atoms with E-state index in [1.165, 1.54) is 0 Å². The highest BCUT2D eigenvalue weighted by molar-refractivity contribution is 9.10. The number of fused-ring (bicyclic) bond motifs is 1. The first-order chi connectivity index (χ1) is 7.13. The molecule has 0 spiro atoms. The van der Waals surface area contributed by atoms with Crippen molar-refractivity contribution >= 4 is 26.9 Å². The van der Waals surface area contributed by atoms with Crippen LogP contribution < -0.4 is 5.73 Å². The monoisotopic (exact) mass is 269 g/mol. The molecule has 80 valence electrons. The zero-order valence-electron chi connectivity index (χ0n) is 8.33. The lowest BCUT2D eigenvalue weighted by atomic mass is 9.99. The summed E-state index contributed by atoms with van der Waals surface area (Å²) < 4.78 is 5.98. The first-order valence-electron chi connectivity index (χ1n) is 4.74. The third-order valence-corrected chi connectivity index (χ3v) is 2.94. The van der Waals surface area contributed by atoms with Gasteiger partial charge in [0.15, 0.2) is 16.0 Å². The predicted molar refractivity (Wildman–Crippen MR) is 63.0 cm³/mol. The van der Waals surface area contributed by atoms with Crippen LogP contribution in [0.15, 0.2) is 27.3 Å². The molecule has 0 radical (unpaired) electrons. The Morgan fingerprint density at radius 1 is 1.53 bits per heavy atom. The van der Waals surface area contributed by atoms with Crippen molar-refractivity contribution < 1.29 is 9.52 Å². The van der Waals surface area contributed by atoms with Crippen molar-refractivity contribution in [1.82, 2.24) is 0 Å². The summed E-state index contributed by atoms with van der Waals surface area (Å²) in [5.74, 6) is 0.314. The van der Waals surface area contributed by atoms with Crippen molar-refractivity contribution in [2.45, 2.75) is 12.8 Å². The molecule has 3 nitrogen and oxygen atoms in total. The molecule has 0 amide bonds. The summed E-state index contributed by atoms with van der Waals surface area (Å²) in [6, 6.07) is 5.63. The fourth-order valence-corrected chi connectivity index (χ4v) is 2.01. The van der Waals surface area contributed by atoms with Gasteiger partial charge < -0.3 is 15.3 Å². The molecule has 0 bridgehead atoms. The molecule has 0 saturated carbocycles. The first-order valence-corrected chi connectivity index (χ1v) is 5.53. The van der Waals surface area contributed by atoms with Gasteiger partial charge in [-0.05, 0) is 34.5 Å². The number of benzene rings is 1. The maximum absolute atomic E-state index is 9.99. The number of furan rings is 1. The quantitative estimate of drug-likeness (QED) is 0.881. The summed E-state index contributed by atoms with van der Waals surface area (Å²) in [5, 5.41) is 10.9. The third kappa shape index (κ3) is 1.75. The zero-order chi connectivity index (χ0) is 11.0. The van der Waals surface area contributed by atoms with Crippen LogP contribution in [0.25, 0.3) is 11.0 Å². The van der Waals surface area contributed by atoms with Crippen molar-refractivity contribution in [3.8, 4) is 5.75 Å². The molecule has 3 N–H and O–H groups in total. The Bertz CT molecular complexity index is 493. The molecule has 2 rings (SSSR count). The van der Waals surface area contributed by atoms with Gasteiger partial charge in [-0.1, -0.05) is 19.1 Å². The Hall–Kier alpha value is -1.00. The highest BCUT2D eigenvalue weighted by Gasteiger charge is 2.14. The molecule has 15 heavy (non-hydrogen) atoms. The van der Waals surface area contributed by atoms with Gasteiger partial charge in [0.1, 0.15) is 0 Å². The molecule has 0 saturated heterocycles. The minimum atomic E-state index is 0.123. The lowest BCUT2D eigenvalue weighted by molar-refractivity contribution is 0.451. The number of halogens is 1. The van der Waals surface area contributed by atoms with E-state index in [1.807, 2.05) is 25.1 Å². The summed E-state index contributed by atoms with van der Waals surface area (Å²) in [7, 11) is 0. The van der Waals surface area contributed by atoms with Gasteiger partial charge in [0, 0.05) is 10.9 Å². The van der Waals surface area contributed by atoms with Crippen LogP contribution >= 0.6 is 15.9 Å². The van der Waals surface area contributed by atoms with Crippen molar-refractivity contribution in [3.63, 3.8) is 0 Å². The van der Waals surface area contributed by atoms with Crippen LogP contribution in [0.3, 0.4) is 0 Å². The fraction of sp³-hybridized carbons (Fsp3) is 0.273. The van der Waals surface area contributed by atoms with Gasteiger partial charge in [0.2, 0.25) is 0 Å². The first kappa shape index (κ1) is 10.5. The minimum Gasteiger partial charge on any atom is -0.504 e. The number of aromatic hydroxyl groups is 1. The molecule has 0 aliphatic heterocycles. The largest absolute Gasteiger partial charge is 0.504 e. The Morgan fingerprint density at radius 2 is 2.27 bits per heavy atom. The third-order valence-electron chi connectivity index (χ3n) is 2.55. The zero-order valence-corrected chi connectivity index (χ0v) is 9.91. The van der Waals surface area contributed by atoms with Crippen LogP contribution in [0.5, 0.6) is 5.75 Å². The Labute approximate surface area is 96.0 Å². The van der Waals surface area contributed by atoms with Gasteiger partial charge in [-0.2, -0.15) is 0 Å². The summed E-state index contributed by atoms with van der Waals surface area (Å²) in [6.45, 7) is 2.47. The molecule has 1 aromatic carbocycles. The van der Waals surface area contributed by atoms with Crippen LogP contribution in [-0.4, -0.2) is 11.7 Å². The highest BCUT2D eigenvalue weighted by Crippen LogP contribution is 2.36. The normalized spacial score (nSPS) is 13.3. The smallest absolute Gasteiger partial charge is 0.177 e. The van der Waals surface area contributed by atoms with E-state index < -0.39 is 0 Å². The lowest BCUT2D eigenvalue weighted by Gasteiger charge is -2.10. The molecular formula is C11H12BrNO2. The molecule has 0 aliphatic carbocycles. The van der Waals surface area contributed by atoms with E-state index >= 15 is 0 Å². The fourth-order valence-electron chi connectivity index (χ4n) is 1.60. The van der Waals surface area contributed by atoms with E-state index in [-0.39, 0.29) is 11.7 Å². The maximum atomic E-state index is 9.99. The SMILES string of the molecule is CC(CN)c1ccc2cc(Br)oc2c1O. The summed E-state index contributed by atoms with van der Waals surface area (Å²) in [4.78, 5) is 0. The Kier molecular flexibility index (Phi) is 2.71. The van der Waals surface area contributed by atoms with Crippen LogP contribution in [0, 0.1) is 0 Å². The summed E-state index contributed by atoms with van der Waals surface area (Å²) in [5.41, 5.74) is 6.91. The number of hydrogen-bond donors (Lipinski definition) is 2. The van der Waals surface area contributed by atoms with Crippen molar-refractivity contribution in [2.24, 2.45) is 5.73 Å². The maximum Gasteiger partial charge on any atom is 0.177 e. The standard InChI is InChI=1S/C11H12BrNO2/c1-6(5-13)8-3-2-7-4-9(12)15-11(7)10(8)14/h2-4,6,14H,5,13H2,1H3. The lowest BCUT2D eigenvalue weighted by Crippen LogP contribution is -2.08. The number of nitrogens with two attached hydrogens (primary N) is 1. The van der Waals surface area contributed by atoms with Gasteiger partial charge in [-0.3, -0.25) is 0 Å². The second kappa shape index (κ2) is 3.87. The van der Waals surface area contributed by atoms with Gasteiger partial charge >= 0.3 is 0 Å². The van der Waals surface area contributed by atoms with Gasteiger partial charge in [-0.25, -0.2) is 0 Å². The molecule has 2 aromatic rings. The molecular weight excluding hydrogens is 258 g/mol. The van der Waals surface area contributed by atoms with Gasteiger partial charge in [0.25, 0.3) is 0 Å². The number of hydrogen-bond acceptors (Lipinski definition) is 3. The minimum absolute atomic E-state index is 0.123. The van der Waals surface area contributed by atoms with E-state index in [4.69, 9.17) is 10.2 Å². The molecule has 1 atom stereocenters. The molecule has 1 heterocycles. The average Bonchev–Trinajstić information content (AvgIpc) is 2.59. The van der Waals surface area contributed by atoms with E-state index in [1.54, 1.807) is 0 Å². The number of phenols is 1. The van der Waals surface area contributed by atoms with E-state index in [2.05, 4.69) is 15.9 Å². The van der Waals surface area contributed by atoms with Crippen LogP contribution in [0.1, 0.15) is 18.4 Å². The van der Waals surface area contributed by atoms with Crippen molar-refractivity contribution in [1.29, 1.82) is 0 Å². The van der Waals surface area contributed by atoms with Crippen molar-refractivity contribution in [3.05, 3.63) is 28.4 Å². The number of rotatable bonds is 2. The van der Waals surface area contributed by atoms with Gasteiger partial charge in [-0.15, -0.1) is 0 Å². The Morgan fingerprint density at radius 3 is 2.93 bits per heavy atom. The van der Waals surface area contributed by atoms with Gasteiger partial charge in [0.05, 0.1) is 0 Å². The highest BCUT2D eigenvalue weighted by atomic mass is 79.9. The van der Waals surface area contributed by atoms with E-state index in [9.17, 15) is 5.11 Å². The predicted octanol–water partition coefficient (Wildman–Crippen LogP) is 2.96. The van der Waals surface area contributed by atoms with Crippen LogP contribution in [0.2, 0.25) is 0 Å². The second-order valence-corrected chi connectivity index (χ2v) is 4.39. The molecule has 0 fully saturated rings. The second-order valence-electron chi connectivity index (χ2n) is 3.61. The Balaban J connectivity index is 2.64. The number of phenolic OH excluding ortho intramolecular Hbond substituents is 1. The summed E-state index contributed by atoms with van der Waals surface area (Å²) >= 11 is 3.23.